The maximum atomic E-state index is 14.8. The van der Waals surface area contributed by atoms with E-state index < -0.39 is 18.0 Å². The van der Waals surface area contributed by atoms with Gasteiger partial charge in [-0.1, -0.05) is 0 Å². The lowest BCUT2D eigenvalue weighted by molar-refractivity contribution is -0.119. The van der Waals surface area contributed by atoms with Gasteiger partial charge in [-0.3, -0.25) is 19.9 Å². The minimum atomic E-state index is -0.602. The minimum absolute atomic E-state index is 0.189. The van der Waals surface area contributed by atoms with Gasteiger partial charge >= 0.3 is 6.09 Å². The molecule has 1 aliphatic rings. The molecule has 32 heavy (non-hydrogen) atoms. The van der Waals surface area contributed by atoms with E-state index in [-0.39, 0.29) is 19.0 Å². The van der Waals surface area contributed by atoms with Gasteiger partial charge in [0.1, 0.15) is 17.7 Å². The van der Waals surface area contributed by atoms with E-state index in [2.05, 4.69) is 15.6 Å². The molecular formula is C21H23FN6O4. The third kappa shape index (κ3) is 5.36. The number of hydrogen-bond acceptors (Lipinski definition) is 6. The highest BCUT2D eigenvalue weighted by Crippen LogP contribution is 2.29. The fourth-order valence-corrected chi connectivity index (χ4v) is 3.21. The number of rotatable bonds is 10. The van der Waals surface area contributed by atoms with E-state index in [4.69, 9.17) is 10.1 Å². The highest BCUT2D eigenvalue weighted by molar-refractivity contribution is 5.90. The standard InChI is InChI=1S/C21H23FN6O4/c1-14(30)25-10-17-11-28(21(31)32-17)16-3-4-18(19(22)8-16)15-2-5-20(26-9-15)27(12-23)7-6-24-13-29/h2-5,8-9,12-13,17,23H,6-7,10-11H2,1H3,(H,24,29)(H,25,30). The van der Waals surface area contributed by atoms with Gasteiger partial charge in [-0.2, -0.15) is 0 Å². The molecule has 1 saturated heterocycles. The van der Waals surface area contributed by atoms with Crippen molar-refractivity contribution in [2.24, 2.45) is 0 Å². The molecule has 0 bridgehead atoms. The van der Waals surface area contributed by atoms with E-state index in [0.29, 0.717) is 42.1 Å². The molecule has 1 aliphatic heterocycles. The number of nitrogens with zero attached hydrogens (tertiary/aromatic N) is 3. The third-order valence-corrected chi connectivity index (χ3v) is 4.81. The van der Waals surface area contributed by atoms with Gasteiger partial charge in [0.05, 0.1) is 25.1 Å². The molecule has 1 unspecified atom stereocenters. The summed E-state index contributed by atoms with van der Waals surface area (Å²) in [6.45, 7) is 2.48. The number of halogens is 1. The zero-order valence-electron chi connectivity index (χ0n) is 17.4. The fourth-order valence-electron chi connectivity index (χ4n) is 3.21. The molecule has 3 N–H and O–H groups in total. The summed E-state index contributed by atoms with van der Waals surface area (Å²) in [7, 11) is 0. The van der Waals surface area contributed by atoms with E-state index in [0.717, 1.165) is 6.34 Å². The van der Waals surface area contributed by atoms with Crippen molar-refractivity contribution in [2.75, 3.05) is 36.0 Å². The number of aromatic nitrogens is 1. The lowest BCUT2D eigenvalue weighted by Gasteiger charge is -2.18. The zero-order valence-corrected chi connectivity index (χ0v) is 17.4. The monoisotopic (exact) mass is 442 g/mol. The van der Waals surface area contributed by atoms with Crippen molar-refractivity contribution in [3.63, 3.8) is 0 Å². The van der Waals surface area contributed by atoms with E-state index in [9.17, 15) is 18.8 Å². The molecule has 1 aromatic heterocycles. The summed E-state index contributed by atoms with van der Waals surface area (Å²) in [6, 6.07) is 7.75. The summed E-state index contributed by atoms with van der Waals surface area (Å²) in [6.07, 6.45) is 2.05. The van der Waals surface area contributed by atoms with Crippen LogP contribution in [0.5, 0.6) is 0 Å². The molecule has 0 radical (unpaired) electrons. The van der Waals surface area contributed by atoms with E-state index >= 15 is 0 Å². The molecule has 0 saturated carbocycles. The van der Waals surface area contributed by atoms with Gasteiger partial charge in [-0.25, -0.2) is 14.2 Å². The first-order chi connectivity index (χ1) is 15.4. The van der Waals surface area contributed by atoms with Gasteiger partial charge in [0.25, 0.3) is 0 Å². The van der Waals surface area contributed by atoms with Gasteiger partial charge in [0.15, 0.2) is 0 Å². The third-order valence-electron chi connectivity index (χ3n) is 4.81. The van der Waals surface area contributed by atoms with Crippen molar-refractivity contribution < 1.29 is 23.5 Å². The average Bonchev–Trinajstić information content (AvgIpc) is 3.16. The fraction of sp³-hybridized carbons (Fsp3) is 0.286. The van der Waals surface area contributed by atoms with E-state index in [1.54, 1.807) is 24.3 Å². The van der Waals surface area contributed by atoms with Crippen molar-refractivity contribution in [1.82, 2.24) is 15.6 Å². The summed E-state index contributed by atoms with van der Waals surface area (Å²) < 4.78 is 20.1. The van der Waals surface area contributed by atoms with Crippen LogP contribution in [0.2, 0.25) is 0 Å². The first kappa shape index (κ1) is 22.7. The topological polar surface area (TPSA) is 128 Å². The van der Waals surface area contributed by atoms with Crippen LogP contribution in [0.25, 0.3) is 11.1 Å². The molecule has 168 valence electrons. The maximum absolute atomic E-state index is 14.8. The molecule has 0 spiro atoms. The first-order valence-electron chi connectivity index (χ1n) is 9.85. The lowest BCUT2D eigenvalue weighted by Crippen LogP contribution is -2.33. The molecule has 3 rings (SSSR count). The summed E-state index contributed by atoms with van der Waals surface area (Å²) in [5.41, 5.74) is 1.18. The number of anilines is 2. The molecule has 0 aliphatic carbocycles. The predicted molar refractivity (Wildman–Crippen MR) is 116 cm³/mol. The van der Waals surface area contributed by atoms with Crippen molar-refractivity contribution in [3.8, 4) is 11.1 Å². The number of benzene rings is 1. The van der Waals surface area contributed by atoms with Crippen molar-refractivity contribution >= 4 is 36.3 Å². The smallest absolute Gasteiger partial charge is 0.414 e. The van der Waals surface area contributed by atoms with Gasteiger partial charge in [0, 0.05) is 37.3 Å². The Labute approximate surface area is 183 Å². The van der Waals surface area contributed by atoms with Crippen LogP contribution < -0.4 is 20.4 Å². The summed E-state index contributed by atoms with van der Waals surface area (Å²) >= 11 is 0. The number of cyclic esters (lactones) is 1. The number of nitrogens with one attached hydrogen (secondary N) is 3. The van der Waals surface area contributed by atoms with Gasteiger partial charge < -0.3 is 20.3 Å². The minimum Gasteiger partial charge on any atom is -0.442 e. The Hall–Kier alpha value is -4.02. The Bertz CT molecular complexity index is 1000. The summed E-state index contributed by atoms with van der Waals surface area (Å²) in [5.74, 6) is -0.274. The van der Waals surface area contributed by atoms with E-state index in [1.165, 1.54) is 29.0 Å². The average molecular weight is 442 g/mol. The normalized spacial score (nSPS) is 15.1. The predicted octanol–water partition coefficient (Wildman–Crippen LogP) is 1.51. The number of pyridine rings is 1. The van der Waals surface area contributed by atoms with Crippen LogP contribution in [-0.2, 0) is 14.3 Å². The Morgan fingerprint density at radius 3 is 2.84 bits per heavy atom. The zero-order chi connectivity index (χ0) is 23.1. The quantitative estimate of drug-likeness (QED) is 0.222. The Morgan fingerprint density at radius 1 is 1.41 bits per heavy atom. The Morgan fingerprint density at radius 2 is 2.22 bits per heavy atom. The number of carbonyl (C=O) groups excluding carboxylic acids is 3. The van der Waals surface area contributed by atoms with Crippen molar-refractivity contribution in [1.29, 1.82) is 5.41 Å². The van der Waals surface area contributed by atoms with Gasteiger partial charge in [-0.05, 0) is 30.3 Å². The molecule has 2 heterocycles. The molecule has 1 fully saturated rings. The largest absolute Gasteiger partial charge is 0.442 e. The lowest BCUT2D eigenvalue weighted by atomic mass is 10.1. The highest BCUT2D eigenvalue weighted by atomic mass is 19.1. The van der Waals surface area contributed by atoms with Crippen LogP contribution in [0, 0.1) is 11.2 Å². The molecule has 2 aromatic rings. The number of amides is 3. The van der Waals surface area contributed by atoms with Gasteiger partial charge in [-0.15, -0.1) is 0 Å². The SMILES string of the molecule is CC(=O)NCC1CN(c2ccc(-c3ccc(N(C=N)CCNC=O)nc3)c(F)c2)C(=O)O1. The molecule has 1 aromatic carbocycles. The second-order valence-corrected chi connectivity index (χ2v) is 7.02. The van der Waals surface area contributed by atoms with Crippen LogP contribution in [0.15, 0.2) is 36.5 Å². The second-order valence-electron chi connectivity index (χ2n) is 7.02. The van der Waals surface area contributed by atoms with Crippen molar-refractivity contribution in [3.05, 3.63) is 42.3 Å². The summed E-state index contributed by atoms with van der Waals surface area (Å²) in [4.78, 5) is 40.7. The number of carbonyl (C=O) groups is 3. The molecular weight excluding hydrogens is 419 g/mol. The molecule has 11 heteroatoms. The van der Waals surface area contributed by atoms with Crippen molar-refractivity contribution in [2.45, 2.75) is 13.0 Å². The van der Waals surface area contributed by atoms with Crippen LogP contribution in [0.4, 0.5) is 20.7 Å². The van der Waals surface area contributed by atoms with Crippen LogP contribution in [0.1, 0.15) is 6.92 Å². The second kappa shape index (κ2) is 10.3. The molecule has 1 atom stereocenters. The maximum Gasteiger partial charge on any atom is 0.414 e. The van der Waals surface area contributed by atoms with Crippen LogP contribution >= 0.6 is 0 Å². The first-order valence-corrected chi connectivity index (χ1v) is 9.85. The Kier molecular flexibility index (Phi) is 7.32. The highest BCUT2D eigenvalue weighted by Gasteiger charge is 2.32. The molecule has 10 nitrogen and oxygen atoms in total. The molecule has 3 amide bonds. The van der Waals surface area contributed by atoms with Gasteiger partial charge in [0.2, 0.25) is 12.3 Å². The number of ether oxygens (including phenoxy) is 1. The van der Waals surface area contributed by atoms with Crippen LogP contribution in [0.3, 0.4) is 0 Å². The number of hydrogen-bond donors (Lipinski definition) is 3. The van der Waals surface area contributed by atoms with Crippen LogP contribution in [-0.4, -0.2) is 62.0 Å². The summed E-state index contributed by atoms with van der Waals surface area (Å²) in [5, 5.41) is 12.6. The Balaban J connectivity index is 1.71. The van der Waals surface area contributed by atoms with E-state index in [1.807, 2.05) is 0 Å².